The summed E-state index contributed by atoms with van der Waals surface area (Å²) >= 11 is 3.34. The molecule has 0 spiro atoms. The number of carbonyl (C=O) groups is 2. The third kappa shape index (κ3) is 5.55. The molecule has 2 N–H and O–H groups in total. The molecule has 0 aromatic heterocycles. The zero-order valence-corrected chi connectivity index (χ0v) is 17.9. The van der Waals surface area contributed by atoms with Gasteiger partial charge in [-0.05, 0) is 64.0 Å². The van der Waals surface area contributed by atoms with Crippen LogP contribution in [0.5, 0.6) is 5.75 Å². The molecule has 0 bridgehead atoms. The molecule has 0 fully saturated rings. The van der Waals surface area contributed by atoms with Crippen LogP contribution in [0.3, 0.4) is 0 Å². The average molecular weight is 487 g/mol. The predicted molar refractivity (Wildman–Crippen MR) is 119 cm³/mol. The van der Waals surface area contributed by atoms with Gasteiger partial charge in [-0.3, -0.25) is 9.59 Å². The summed E-state index contributed by atoms with van der Waals surface area (Å²) in [6, 6.07) is 16.1. The molecular formula is C23H17BrF2N2O3. The van der Waals surface area contributed by atoms with E-state index in [0.29, 0.717) is 15.8 Å². The van der Waals surface area contributed by atoms with Gasteiger partial charge in [0.2, 0.25) is 0 Å². The first-order chi connectivity index (χ1) is 14.9. The molecule has 0 aliphatic carbocycles. The Hall–Kier alpha value is -3.52. The Labute approximate surface area is 185 Å². The van der Waals surface area contributed by atoms with Gasteiger partial charge in [0.15, 0.2) is 0 Å². The Kier molecular flexibility index (Phi) is 7.15. The molecule has 2 amide bonds. The molecule has 0 radical (unpaired) electrons. The van der Waals surface area contributed by atoms with Crippen molar-refractivity contribution in [3.05, 3.63) is 94.0 Å². The molecular weight excluding hydrogens is 470 g/mol. The second kappa shape index (κ2) is 9.99. The maximum Gasteiger partial charge on any atom is 0.261 e. The number of anilines is 2. The number of para-hydroxylation sites is 2. The zero-order chi connectivity index (χ0) is 22.4. The standard InChI is InChI=1S/C23H17BrF2N2O3/c1-31-21-11-10-14(13-16(21)24)12-15(22(29)27-19-8-4-2-6-17(19)25)23(30)28-20-9-5-3-7-18(20)26/h2-13H,1H3,(H,27,29)(H,28,30). The van der Waals surface area contributed by atoms with E-state index in [4.69, 9.17) is 4.74 Å². The van der Waals surface area contributed by atoms with Gasteiger partial charge in [0.05, 0.1) is 23.0 Å². The summed E-state index contributed by atoms with van der Waals surface area (Å²) in [5.74, 6) is -2.46. The van der Waals surface area contributed by atoms with Crippen molar-refractivity contribution >= 4 is 45.2 Å². The molecule has 0 heterocycles. The highest BCUT2D eigenvalue weighted by Gasteiger charge is 2.21. The van der Waals surface area contributed by atoms with Gasteiger partial charge in [-0.2, -0.15) is 0 Å². The fraction of sp³-hybridized carbons (Fsp3) is 0.0435. The number of nitrogens with one attached hydrogen (secondary N) is 2. The van der Waals surface area contributed by atoms with Crippen molar-refractivity contribution in [1.29, 1.82) is 0 Å². The molecule has 0 saturated carbocycles. The first-order valence-electron chi connectivity index (χ1n) is 9.06. The van der Waals surface area contributed by atoms with Crippen LogP contribution in [0.25, 0.3) is 6.08 Å². The topological polar surface area (TPSA) is 67.4 Å². The quantitative estimate of drug-likeness (QED) is 0.278. The SMILES string of the molecule is COc1ccc(C=C(C(=O)Nc2ccccc2F)C(=O)Nc2ccccc2F)cc1Br. The van der Waals surface area contributed by atoms with E-state index >= 15 is 0 Å². The Bertz CT molecular complexity index is 1100. The molecule has 3 rings (SSSR count). The van der Waals surface area contributed by atoms with Gasteiger partial charge in [0.25, 0.3) is 11.8 Å². The summed E-state index contributed by atoms with van der Waals surface area (Å²) in [5.41, 5.74) is -0.0281. The van der Waals surface area contributed by atoms with Crippen LogP contribution >= 0.6 is 15.9 Å². The van der Waals surface area contributed by atoms with Gasteiger partial charge in [-0.15, -0.1) is 0 Å². The lowest BCUT2D eigenvalue weighted by atomic mass is 10.1. The number of halogens is 3. The largest absolute Gasteiger partial charge is 0.496 e. The predicted octanol–water partition coefficient (Wildman–Crippen LogP) is 5.40. The van der Waals surface area contributed by atoms with E-state index in [0.717, 1.165) is 0 Å². The minimum absolute atomic E-state index is 0.0898. The lowest BCUT2D eigenvalue weighted by molar-refractivity contribution is -0.118. The van der Waals surface area contributed by atoms with Gasteiger partial charge in [-0.25, -0.2) is 8.78 Å². The monoisotopic (exact) mass is 486 g/mol. The molecule has 3 aromatic rings. The van der Waals surface area contributed by atoms with Crippen LogP contribution in [-0.2, 0) is 9.59 Å². The first-order valence-corrected chi connectivity index (χ1v) is 9.85. The molecule has 0 unspecified atom stereocenters. The van der Waals surface area contributed by atoms with E-state index in [2.05, 4.69) is 26.6 Å². The Balaban J connectivity index is 1.97. The van der Waals surface area contributed by atoms with Crippen LogP contribution in [0.2, 0.25) is 0 Å². The number of carbonyl (C=O) groups excluding carboxylic acids is 2. The van der Waals surface area contributed by atoms with Crippen molar-refractivity contribution in [2.75, 3.05) is 17.7 Å². The van der Waals surface area contributed by atoms with Gasteiger partial charge in [0.1, 0.15) is 23.0 Å². The second-order valence-electron chi connectivity index (χ2n) is 6.32. The number of amides is 2. The van der Waals surface area contributed by atoms with Crippen molar-refractivity contribution in [2.45, 2.75) is 0 Å². The summed E-state index contributed by atoms with van der Waals surface area (Å²) in [7, 11) is 1.50. The van der Waals surface area contributed by atoms with Gasteiger partial charge < -0.3 is 15.4 Å². The number of hydrogen-bond acceptors (Lipinski definition) is 3. The maximum absolute atomic E-state index is 14.0. The second-order valence-corrected chi connectivity index (χ2v) is 7.17. The third-order valence-electron chi connectivity index (χ3n) is 4.22. The van der Waals surface area contributed by atoms with Crippen molar-refractivity contribution in [2.24, 2.45) is 0 Å². The van der Waals surface area contributed by atoms with E-state index in [1.807, 2.05) is 0 Å². The first kappa shape index (κ1) is 22.2. The van der Waals surface area contributed by atoms with Crippen molar-refractivity contribution in [1.82, 2.24) is 0 Å². The molecule has 5 nitrogen and oxygen atoms in total. The maximum atomic E-state index is 14.0. The molecule has 158 valence electrons. The van der Waals surface area contributed by atoms with Gasteiger partial charge in [0, 0.05) is 0 Å². The summed E-state index contributed by atoms with van der Waals surface area (Å²) in [6.07, 6.45) is 1.32. The Morgan fingerprint density at radius 3 is 1.84 bits per heavy atom. The molecule has 0 aliphatic rings. The molecule has 0 aliphatic heterocycles. The highest BCUT2D eigenvalue weighted by atomic mass is 79.9. The fourth-order valence-electron chi connectivity index (χ4n) is 2.68. The van der Waals surface area contributed by atoms with Crippen LogP contribution in [0.1, 0.15) is 5.56 Å². The summed E-state index contributed by atoms with van der Waals surface area (Å²) in [4.78, 5) is 25.7. The van der Waals surface area contributed by atoms with E-state index < -0.39 is 23.4 Å². The third-order valence-corrected chi connectivity index (χ3v) is 4.84. The Morgan fingerprint density at radius 2 is 1.39 bits per heavy atom. The minimum Gasteiger partial charge on any atom is -0.496 e. The van der Waals surface area contributed by atoms with E-state index in [-0.39, 0.29) is 16.9 Å². The van der Waals surface area contributed by atoms with Crippen LogP contribution in [-0.4, -0.2) is 18.9 Å². The van der Waals surface area contributed by atoms with Gasteiger partial charge >= 0.3 is 0 Å². The lowest BCUT2D eigenvalue weighted by Gasteiger charge is -2.12. The highest BCUT2D eigenvalue weighted by molar-refractivity contribution is 9.10. The van der Waals surface area contributed by atoms with Crippen LogP contribution in [0, 0.1) is 11.6 Å². The van der Waals surface area contributed by atoms with Crippen molar-refractivity contribution < 1.29 is 23.1 Å². The van der Waals surface area contributed by atoms with Crippen molar-refractivity contribution in [3.63, 3.8) is 0 Å². The zero-order valence-electron chi connectivity index (χ0n) is 16.3. The molecule has 31 heavy (non-hydrogen) atoms. The summed E-state index contributed by atoms with van der Waals surface area (Å²) in [6.45, 7) is 0. The summed E-state index contributed by atoms with van der Waals surface area (Å²) < 4.78 is 33.7. The molecule has 8 heteroatoms. The fourth-order valence-corrected chi connectivity index (χ4v) is 3.24. The normalized spacial score (nSPS) is 10.2. The van der Waals surface area contributed by atoms with Gasteiger partial charge in [-0.1, -0.05) is 30.3 Å². The van der Waals surface area contributed by atoms with Crippen LogP contribution in [0.4, 0.5) is 20.2 Å². The number of ether oxygens (including phenoxy) is 1. The smallest absolute Gasteiger partial charge is 0.261 e. The van der Waals surface area contributed by atoms with E-state index in [1.165, 1.54) is 49.6 Å². The lowest BCUT2D eigenvalue weighted by Crippen LogP contribution is -2.26. The highest BCUT2D eigenvalue weighted by Crippen LogP contribution is 2.27. The summed E-state index contributed by atoms with van der Waals surface area (Å²) in [5, 5.41) is 4.75. The number of benzene rings is 3. The van der Waals surface area contributed by atoms with Crippen LogP contribution in [0.15, 0.2) is 76.8 Å². The van der Waals surface area contributed by atoms with E-state index in [1.54, 1.807) is 30.3 Å². The molecule has 3 aromatic carbocycles. The number of hydrogen-bond donors (Lipinski definition) is 2. The molecule has 0 atom stereocenters. The minimum atomic E-state index is -0.856. The van der Waals surface area contributed by atoms with Crippen LogP contribution < -0.4 is 15.4 Å². The number of methoxy groups -OCH3 is 1. The molecule has 0 saturated heterocycles. The number of rotatable bonds is 6. The van der Waals surface area contributed by atoms with Crippen molar-refractivity contribution in [3.8, 4) is 5.75 Å². The van der Waals surface area contributed by atoms with E-state index in [9.17, 15) is 18.4 Å². The average Bonchev–Trinajstić information content (AvgIpc) is 2.75. The Morgan fingerprint density at radius 1 is 0.871 bits per heavy atom.